The summed E-state index contributed by atoms with van der Waals surface area (Å²) in [5.41, 5.74) is 6.22. The molecule has 1 aliphatic heterocycles. The normalized spacial score (nSPS) is 27.7. The van der Waals surface area contributed by atoms with Crippen molar-refractivity contribution in [3.05, 3.63) is 21.9 Å². The Labute approximate surface area is 114 Å². The average Bonchev–Trinajstić information content (AvgIpc) is 2.87. The van der Waals surface area contributed by atoms with E-state index in [1.54, 1.807) is 0 Å². The molecule has 0 aromatic carbocycles. The first-order valence-electron chi connectivity index (χ1n) is 6.66. The monoisotopic (exact) mass is 268 g/mol. The number of hydrogen-bond acceptors (Lipinski definition) is 4. The summed E-state index contributed by atoms with van der Waals surface area (Å²) in [6, 6.07) is 5.28. The van der Waals surface area contributed by atoms with Crippen molar-refractivity contribution in [2.45, 2.75) is 51.4 Å². The fraction of sp³-hybridized carbons (Fsp3) is 0.714. The van der Waals surface area contributed by atoms with Gasteiger partial charge in [0.25, 0.3) is 0 Å². The summed E-state index contributed by atoms with van der Waals surface area (Å²) in [6.07, 6.45) is 1.41. The van der Waals surface area contributed by atoms with Crippen molar-refractivity contribution in [2.24, 2.45) is 5.73 Å². The third kappa shape index (κ3) is 2.77. The highest BCUT2D eigenvalue weighted by Gasteiger charge is 2.34. The number of hydrogen-bond donors (Lipinski definition) is 1. The van der Waals surface area contributed by atoms with E-state index in [-0.39, 0.29) is 12.1 Å². The zero-order valence-corrected chi connectivity index (χ0v) is 12.5. The van der Waals surface area contributed by atoms with Crippen molar-refractivity contribution < 1.29 is 4.74 Å². The molecule has 102 valence electrons. The molecule has 1 aromatic heterocycles. The Morgan fingerprint density at radius 3 is 2.67 bits per heavy atom. The van der Waals surface area contributed by atoms with Gasteiger partial charge in [-0.15, -0.1) is 11.3 Å². The molecule has 2 N–H and O–H groups in total. The predicted molar refractivity (Wildman–Crippen MR) is 77.0 cm³/mol. The van der Waals surface area contributed by atoms with Crippen LogP contribution in [0.4, 0.5) is 0 Å². The lowest BCUT2D eigenvalue weighted by Crippen LogP contribution is -2.45. The van der Waals surface area contributed by atoms with E-state index in [4.69, 9.17) is 10.5 Å². The minimum atomic E-state index is 0.126. The largest absolute Gasteiger partial charge is 0.377 e. The average molecular weight is 268 g/mol. The van der Waals surface area contributed by atoms with Gasteiger partial charge in [0.2, 0.25) is 0 Å². The van der Waals surface area contributed by atoms with Gasteiger partial charge in [-0.05, 0) is 46.4 Å². The van der Waals surface area contributed by atoms with Crippen molar-refractivity contribution in [1.29, 1.82) is 0 Å². The fourth-order valence-electron chi connectivity index (χ4n) is 2.90. The second kappa shape index (κ2) is 5.70. The standard InChI is InChI=1S/C14H24N2OS/c1-9-5-6-13(18-9)14(10(2)15)16(4)12-7-8-17-11(12)3/h5-6,10-12,14H,7-8,15H2,1-4H3. The molecule has 1 aromatic rings. The van der Waals surface area contributed by atoms with E-state index < -0.39 is 0 Å². The van der Waals surface area contributed by atoms with Gasteiger partial charge >= 0.3 is 0 Å². The van der Waals surface area contributed by atoms with Crippen molar-refractivity contribution in [1.82, 2.24) is 4.90 Å². The Morgan fingerprint density at radius 2 is 2.22 bits per heavy atom. The molecular formula is C14H24N2OS. The Balaban J connectivity index is 2.19. The van der Waals surface area contributed by atoms with Gasteiger partial charge < -0.3 is 10.5 Å². The maximum absolute atomic E-state index is 6.22. The molecule has 1 saturated heterocycles. The molecule has 4 atom stereocenters. The van der Waals surface area contributed by atoms with Gasteiger partial charge in [0, 0.05) is 28.4 Å². The summed E-state index contributed by atoms with van der Waals surface area (Å²) in [5.74, 6) is 0. The molecular weight excluding hydrogens is 244 g/mol. The van der Waals surface area contributed by atoms with Crippen LogP contribution in [0.2, 0.25) is 0 Å². The summed E-state index contributed by atoms with van der Waals surface area (Å²) in [7, 11) is 2.18. The highest BCUT2D eigenvalue weighted by Crippen LogP contribution is 2.33. The molecule has 0 saturated carbocycles. The van der Waals surface area contributed by atoms with E-state index in [0.717, 1.165) is 13.0 Å². The van der Waals surface area contributed by atoms with Crippen LogP contribution < -0.4 is 5.73 Å². The Morgan fingerprint density at radius 1 is 1.50 bits per heavy atom. The van der Waals surface area contributed by atoms with Gasteiger partial charge in [-0.3, -0.25) is 4.90 Å². The van der Waals surface area contributed by atoms with E-state index in [0.29, 0.717) is 12.1 Å². The van der Waals surface area contributed by atoms with Crippen LogP contribution in [0.15, 0.2) is 12.1 Å². The van der Waals surface area contributed by atoms with Crippen LogP contribution in [0.5, 0.6) is 0 Å². The SMILES string of the molecule is Cc1ccc(C(C(C)N)N(C)C2CCOC2C)s1. The van der Waals surface area contributed by atoms with E-state index in [1.807, 2.05) is 11.3 Å². The quantitative estimate of drug-likeness (QED) is 0.912. The molecule has 0 radical (unpaired) electrons. The van der Waals surface area contributed by atoms with Crippen molar-refractivity contribution in [2.75, 3.05) is 13.7 Å². The topological polar surface area (TPSA) is 38.5 Å². The summed E-state index contributed by atoms with van der Waals surface area (Å²) in [6.45, 7) is 7.27. The molecule has 18 heavy (non-hydrogen) atoms. The van der Waals surface area contributed by atoms with Crippen LogP contribution >= 0.6 is 11.3 Å². The second-order valence-corrected chi connectivity index (χ2v) is 6.67. The molecule has 0 aliphatic carbocycles. The highest BCUT2D eigenvalue weighted by atomic mass is 32.1. The summed E-state index contributed by atoms with van der Waals surface area (Å²) < 4.78 is 5.68. The van der Waals surface area contributed by atoms with E-state index >= 15 is 0 Å². The first-order valence-corrected chi connectivity index (χ1v) is 7.48. The third-order valence-corrected chi connectivity index (χ3v) is 4.92. The van der Waals surface area contributed by atoms with Gasteiger partial charge in [-0.25, -0.2) is 0 Å². The van der Waals surface area contributed by atoms with Crippen LogP contribution in [-0.2, 0) is 4.74 Å². The van der Waals surface area contributed by atoms with E-state index in [9.17, 15) is 0 Å². The molecule has 0 amide bonds. The maximum atomic E-state index is 6.22. The van der Waals surface area contributed by atoms with Crippen LogP contribution in [0.3, 0.4) is 0 Å². The molecule has 2 heterocycles. The molecule has 4 unspecified atom stereocenters. The lowest BCUT2D eigenvalue weighted by Gasteiger charge is -2.36. The van der Waals surface area contributed by atoms with Gasteiger partial charge in [0.05, 0.1) is 12.1 Å². The minimum Gasteiger partial charge on any atom is -0.377 e. The molecule has 0 spiro atoms. The van der Waals surface area contributed by atoms with E-state index in [1.165, 1.54) is 9.75 Å². The summed E-state index contributed by atoms with van der Waals surface area (Å²) in [4.78, 5) is 5.12. The first kappa shape index (κ1) is 14.0. The van der Waals surface area contributed by atoms with Gasteiger partial charge in [-0.1, -0.05) is 0 Å². The number of aryl methyl sites for hydroxylation is 1. The van der Waals surface area contributed by atoms with Gasteiger partial charge in [-0.2, -0.15) is 0 Å². The Kier molecular flexibility index (Phi) is 4.43. The predicted octanol–water partition coefficient (Wildman–Crippen LogP) is 2.55. The molecule has 4 heteroatoms. The molecule has 0 bridgehead atoms. The Hall–Kier alpha value is -0.420. The number of likely N-dealkylation sites (N-methyl/N-ethyl adjacent to an activating group) is 1. The van der Waals surface area contributed by atoms with E-state index in [2.05, 4.69) is 44.9 Å². The van der Waals surface area contributed by atoms with Crippen LogP contribution in [-0.4, -0.2) is 36.7 Å². The summed E-state index contributed by atoms with van der Waals surface area (Å²) in [5, 5.41) is 0. The second-order valence-electron chi connectivity index (χ2n) is 5.35. The van der Waals surface area contributed by atoms with Crippen LogP contribution in [0, 0.1) is 6.92 Å². The van der Waals surface area contributed by atoms with Crippen molar-refractivity contribution in [3.8, 4) is 0 Å². The first-order chi connectivity index (χ1) is 8.50. The maximum Gasteiger partial charge on any atom is 0.0703 e. The molecule has 2 rings (SSSR count). The number of rotatable bonds is 4. The zero-order chi connectivity index (χ0) is 13.3. The zero-order valence-electron chi connectivity index (χ0n) is 11.7. The van der Waals surface area contributed by atoms with Gasteiger partial charge in [0.1, 0.15) is 0 Å². The summed E-state index contributed by atoms with van der Waals surface area (Å²) >= 11 is 1.85. The molecule has 1 aliphatic rings. The number of nitrogens with zero attached hydrogens (tertiary/aromatic N) is 1. The number of nitrogens with two attached hydrogens (primary N) is 1. The van der Waals surface area contributed by atoms with Gasteiger partial charge in [0.15, 0.2) is 0 Å². The van der Waals surface area contributed by atoms with Crippen LogP contribution in [0.25, 0.3) is 0 Å². The van der Waals surface area contributed by atoms with Crippen molar-refractivity contribution in [3.63, 3.8) is 0 Å². The number of ether oxygens (including phenoxy) is 1. The smallest absolute Gasteiger partial charge is 0.0703 e. The lowest BCUT2D eigenvalue weighted by atomic mass is 10.0. The van der Waals surface area contributed by atoms with Crippen LogP contribution in [0.1, 0.15) is 36.1 Å². The van der Waals surface area contributed by atoms with Crippen molar-refractivity contribution >= 4 is 11.3 Å². The molecule has 3 nitrogen and oxygen atoms in total. The highest BCUT2D eigenvalue weighted by molar-refractivity contribution is 7.12. The Bertz CT molecular complexity index is 391. The number of thiophene rings is 1. The fourth-order valence-corrected chi connectivity index (χ4v) is 4.05. The third-order valence-electron chi connectivity index (χ3n) is 3.85. The minimum absolute atomic E-state index is 0.126. The lowest BCUT2D eigenvalue weighted by molar-refractivity contribution is 0.0633. The molecule has 1 fully saturated rings.